The molecule has 3 rings (SSSR count). The van der Waals surface area contributed by atoms with Gasteiger partial charge in [0.05, 0.1) is 11.1 Å². The summed E-state index contributed by atoms with van der Waals surface area (Å²) in [5.74, 6) is 0.368. The maximum Gasteiger partial charge on any atom is 0.251 e. The Kier molecular flexibility index (Phi) is 6.82. The smallest absolute Gasteiger partial charge is 0.251 e. The van der Waals surface area contributed by atoms with Gasteiger partial charge in [-0.05, 0) is 62.6 Å². The maximum atomic E-state index is 12.8. The van der Waals surface area contributed by atoms with E-state index < -0.39 is 10.0 Å². The van der Waals surface area contributed by atoms with Crippen molar-refractivity contribution >= 4 is 27.5 Å². The Balaban J connectivity index is 1.73. The first-order valence-electron chi connectivity index (χ1n) is 9.61. The average molecular weight is 437 g/mol. The molecule has 1 saturated heterocycles. The van der Waals surface area contributed by atoms with Crippen molar-refractivity contribution < 1.29 is 17.9 Å². The number of hydrogen-bond donors (Lipinski definition) is 1. The summed E-state index contributed by atoms with van der Waals surface area (Å²) in [5, 5.41) is 2.94. The quantitative estimate of drug-likeness (QED) is 0.715. The Hall–Kier alpha value is -2.09. The van der Waals surface area contributed by atoms with Gasteiger partial charge in [0, 0.05) is 25.2 Å². The fourth-order valence-electron chi connectivity index (χ4n) is 3.20. The first-order valence-corrected chi connectivity index (χ1v) is 11.4. The highest BCUT2D eigenvalue weighted by Crippen LogP contribution is 2.28. The number of rotatable bonds is 7. The van der Waals surface area contributed by atoms with E-state index in [1.165, 1.54) is 22.5 Å². The van der Waals surface area contributed by atoms with Crippen molar-refractivity contribution in [3.8, 4) is 5.75 Å². The first-order chi connectivity index (χ1) is 13.8. The van der Waals surface area contributed by atoms with Crippen molar-refractivity contribution in [2.75, 3.05) is 13.1 Å². The van der Waals surface area contributed by atoms with Crippen molar-refractivity contribution in [3.63, 3.8) is 0 Å². The van der Waals surface area contributed by atoms with Gasteiger partial charge in [-0.2, -0.15) is 4.31 Å². The Morgan fingerprint density at radius 2 is 1.90 bits per heavy atom. The lowest BCUT2D eigenvalue weighted by molar-refractivity contribution is 0.0950. The second-order valence-electron chi connectivity index (χ2n) is 7.25. The van der Waals surface area contributed by atoms with E-state index in [4.69, 9.17) is 16.3 Å². The summed E-state index contributed by atoms with van der Waals surface area (Å²) in [6.07, 6.45) is 1.72. The van der Waals surface area contributed by atoms with Gasteiger partial charge in [-0.25, -0.2) is 8.42 Å². The Bertz CT molecular complexity index is 986. The third-order valence-corrected chi connectivity index (χ3v) is 6.98. The SMILES string of the molecule is CC(C)Oc1cccc(CNC(=O)c2ccc(Cl)c(S(=O)(=O)N3CCCC3)c2)c1. The van der Waals surface area contributed by atoms with Gasteiger partial charge < -0.3 is 10.1 Å². The van der Waals surface area contributed by atoms with Crippen molar-refractivity contribution in [3.05, 3.63) is 58.6 Å². The molecule has 0 radical (unpaired) electrons. The molecule has 0 aromatic heterocycles. The lowest BCUT2D eigenvalue weighted by Crippen LogP contribution is -2.29. The van der Waals surface area contributed by atoms with Crippen LogP contribution in [0.2, 0.25) is 5.02 Å². The van der Waals surface area contributed by atoms with E-state index in [9.17, 15) is 13.2 Å². The largest absolute Gasteiger partial charge is 0.491 e. The van der Waals surface area contributed by atoms with E-state index in [1.54, 1.807) is 0 Å². The van der Waals surface area contributed by atoms with E-state index in [2.05, 4.69) is 5.32 Å². The molecule has 2 aromatic rings. The van der Waals surface area contributed by atoms with E-state index >= 15 is 0 Å². The second kappa shape index (κ2) is 9.15. The fourth-order valence-corrected chi connectivity index (χ4v) is 5.21. The number of benzene rings is 2. The number of carbonyl (C=O) groups excluding carboxylic acids is 1. The molecule has 1 N–H and O–H groups in total. The van der Waals surface area contributed by atoms with E-state index in [-0.39, 0.29) is 27.5 Å². The Morgan fingerprint density at radius 1 is 1.17 bits per heavy atom. The van der Waals surface area contributed by atoms with Crippen LogP contribution in [0.5, 0.6) is 5.75 Å². The molecule has 0 spiro atoms. The monoisotopic (exact) mass is 436 g/mol. The van der Waals surface area contributed by atoms with Gasteiger partial charge in [0.15, 0.2) is 0 Å². The predicted molar refractivity (Wildman–Crippen MR) is 113 cm³/mol. The van der Waals surface area contributed by atoms with Crippen LogP contribution in [-0.4, -0.2) is 37.8 Å². The lowest BCUT2D eigenvalue weighted by atomic mass is 10.2. The fraction of sp³-hybridized carbons (Fsp3) is 0.381. The molecule has 0 aliphatic carbocycles. The van der Waals surface area contributed by atoms with Crippen molar-refractivity contribution in [2.24, 2.45) is 0 Å². The molecular weight excluding hydrogens is 412 g/mol. The molecule has 2 aromatic carbocycles. The highest BCUT2D eigenvalue weighted by atomic mass is 35.5. The Labute approximate surface area is 176 Å². The normalized spacial score (nSPS) is 14.9. The number of halogens is 1. The molecule has 1 aliphatic rings. The summed E-state index contributed by atoms with van der Waals surface area (Å²) in [4.78, 5) is 12.6. The summed E-state index contributed by atoms with van der Waals surface area (Å²) >= 11 is 6.14. The summed E-state index contributed by atoms with van der Waals surface area (Å²) < 4.78 is 32.7. The molecule has 8 heteroatoms. The summed E-state index contributed by atoms with van der Waals surface area (Å²) in [6, 6.07) is 11.8. The second-order valence-corrected chi connectivity index (χ2v) is 9.57. The minimum atomic E-state index is -3.70. The molecule has 1 amide bonds. The maximum absolute atomic E-state index is 12.8. The number of amides is 1. The number of ether oxygens (including phenoxy) is 1. The zero-order valence-electron chi connectivity index (χ0n) is 16.5. The van der Waals surface area contributed by atoms with Crippen LogP contribution in [0.15, 0.2) is 47.4 Å². The van der Waals surface area contributed by atoms with Gasteiger partial charge in [0.1, 0.15) is 10.6 Å². The van der Waals surface area contributed by atoms with Gasteiger partial charge >= 0.3 is 0 Å². The first kappa shape index (κ1) is 21.6. The predicted octanol–water partition coefficient (Wildman–Crippen LogP) is 3.84. The van der Waals surface area contributed by atoms with Gasteiger partial charge in [-0.1, -0.05) is 23.7 Å². The molecule has 0 atom stereocenters. The third kappa shape index (κ3) is 5.29. The van der Waals surface area contributed by atoms with Crippen molar-refractivity contribution in [1.29, 1.82) is 0 Å². The molecule has 156 valence electrons. The summed E-state index contributed by atoms with van der Waals surface area (Å²) in [7, 11) is -3.70. The number of nitrogens with zero attached hydrogens (tertiary/aromatic N) is 1. The zero-order chi connectivity index (χ0) is 21.0. The van der Waals surface area contributed by atoms with Crippen molar-refractivity contribution in [2.45, 2.75) is 44.2 Å². The molecule has 1 aliphatic heterocycles. The highest BCUT2D eigenvalue weighted by molar-refractivity contribution is 7.89. The van der Waals surface area contributed by atoms with Crippen LogP contribution < -0.4 is 10.1 Å². The minimum Gasteiger partial charge on any atom is -0.491 e. The number of hydrogen-bond acceptors (Lipinski definition) is 4. The highest BCUT2D eigenvalue weighted by Gasteiger charge is 2.29. The number of carbonyl (C=O) groups is 1. The van der Waals surface area contributed by atoms with Crippen molar-refractivity contribution in [1.82, 2.24) is 9.62 Å². The minimum absolute atomic E-state index is 0.0268. The van der Waals surface area contributed by atoms with E-state index in [0.29, 0.717) is 19.6 Å². The van der Waals surface area contributed by atoms with Crippen LogP contribution in [-0.2, 0) is 16.6 Å². The van der Waals surface area contributed by atoms with E-state index in [0.717, 1.165) is 24.2 Å². The van der Waals surface area contributed by atoms with Gasteiger partial charge in [0.2, 0.25) is 10.0 Å². The molecule has 0 saturated carbocycles. The molecule has 6 nitrogen and oxygen atoms in total. The van der Waals surface area contributed by atoms with Crippen LogP contribution in [0, 0.1) is 0 Å². The van der Waals surface area contributed by atoms with E-state index in [1.807, 2.05) is 38.1 Å². The summed E-state index contributed by atoms with van der Waals surface area (Å²) in [5.41, 5.74) is 1.14. The average Bonchev–Trinajstić information content (AvgIpc) is 3.22. The molecular formula is C21H25ClN2O4S. The topological polar surface area (TPSA) is 75.7 Å². The molecule has 0 bridgehead atoms. The third-order valence-electron chi connectivity index (χ3n) is 4.60. The van der Waals surface area contributed by atoms with Gasteiger partial charge in [-0.3, -0.25) is 4.79 Å². The van der Waals surface area contributed by atoms with Crippen LogP contribution in [0.25, 0.3) is 0 Å². The molecule has 29 heavy (non-hydrogen) atoms. The molecule has 1 heterocycles. The molecule has 1 fully saturated rings. The van der Waals surface area contributed by atoms with Gasteiger partial charge in [0.25, 0.3) is 5.91 Å². The van der Waals surface area contributed by atoms with Crippen LogP contribution >= 0.6 is 11.6 Å². The van der Waals surface area contributed by atoms with Crippen LogP contribution in [0.4, 0.5) is 0 Å². The molecule has 0 unspecified atom stereocenters. The summed E-state index contributed by atoms with van der Waals surface area (Å²) in [6.45, 7) is 5.14. The standard InChI is InChI=1S/C21H25ClN2O4S/c1-15(2)28-18-7-5-6-16(12-18)14-23-21(25)17-8-9-19(22)20(13-17)29(26,27)24-10-3-4-11-24/h5-9,12-13,15H,3-4,10-11,14H2,1-2H3,(H,23,25). The zero-order valence-corrected chi connectivity index (χ0v) is 18.1. The van der Waals surface area contributed by atoms with Gasteiger partial charge in [-0.15, -0.1) is 0 Å². The lowest BCUT2D eigenvalue weighted by Gasteiger charge is -2.17. The number of sulfonamides is 1. The Morgan fingerprint density at radius 3 is 2.59 bits per heavy atom. The van der Waals surface area contributed by atoms with Crippen LogP contribution in [0.1, 0.15) is 42.6 Å². The van der Waals surface area contributed by atoms with Crippen LogP contribution in [0.3, 0.4) is 0 Å². The number of nitrogens with one attached hydrogen (secondary N) is 1.